The molecule has 0 spiro atoms. The molecule has 5 rings (SSSR count). The summed E-state index contributed by atoms with van der Waals surface area (Å²) >= 11 is 0. The molecule has 4 aromatic rings. The lowest BCUT2D eigenvalue weighted by molar-refractivity contribution is 0.0740. The number of aromatic nitrogens is 1. The van der Waals surface area contributed by atoms with E-state index in [4.69, 9.17) is 9.15 Å². The highest BCUT2D eigenvalue weighted by Gasteiger charge is 2.30. The summed E-state index contributed by atoms with van der Waals surface area (Å²) in [6.07, 6.45) is 0.540. The average molecular weight is 386 g/mol. The van der Waals surface area contributed by atoms with Crippen LogP contribution in [-0.2, 0) is 0 Å². The van der Waals surface area contributed by atoms with Crippen molar-refractivity contribution in [3.05, 3.63) is 82.7 Å². The molecule has 1 atom stereocenters. The van der Waals surface area contributed by atoms with Gasteiger partial charge >= 0.3 is 0 Å². The van der Waals surface area contributed by atoms with Crippen LogP contribution in [0.3, 0.4) is 0 Å². The molecule has 3 heterocycles. The van der Waals surface area contributed by atoms with E-state index in [0.717, 1.165) is 10.9 Å². The highest BCUT2D eigenvalue weighted by Crippen LogP contribution is 2.22. The van der Waals surface area contributed by atoms with Crippen molar-refractivity contribution in [2.24, 2.45) is 0 Å². The summed E-state index contributed by atoms with van der Waals surface area (Å²) in [5, 5.41) is 1.52. The van der Waals surface area contributed by atoms with Crippen LogP contribution in [-0.4, -0.2) is 35.0 Å². The van der Waals surface area contributed by atoms with Gasteiger partial charge < -0.3 is 14.1 Å². The molecular formula is C23H18N2O4. The monoisotopic (exact) mass is 386 g/mol. The van der Waals surface area contributed by atoms with E-state index in [-0.39, 0.29) is 23.2 Å². The normalized spacial score (nSPS) is 16.4. The Morgan fingerprint density at radius 2 is 1.90 bits per heavy atom. The molecule has 2 aromatic heterocycles. The van der Waals surface area contributed by atoms with Crippen LogP contribution in [0.4, 0.5) is 0 Å². The van der Waals surface area contributed by atoms with Crippen LogP contribution in [0.25, 0.3) is 21.9 Å². The molecule has 2 aromatic carbocycles. The first kappa shape index (κ1) is 17.4. The Balaban J connectivity index is 1.32. The average Bonchev–Trinajstić information content (AvgIpc) is 3.21. The van der Waals surface area contributed by atoms with E-state index in [2.05, 4.69) is 4.98 Å². The highest BCUT2D eigenvalue weighted by atomic mass is 16.5. The molecule has 0 radical (unpaired) electrons. The maximum Gasteiger partial charge on any atom is 0.289 e. The second-order valence-corrected chi connectivity index (χ2v) is 7.09. The first-order valence-electron chi connectivity index (χ1n) is 9.52. The van der Waals surface area contributed by atoms with Gasteiger partial charge in [0.25, 0.3) is 5.91 Å². The van der Waals surface area contributed by atoms with Crippen LogP contribution in [0, 0.1) is 0 Å². The van der Waals surface area contributed by atoms with Crippen LogP contribution >= 0.6 is 0 Å². The number of carbonyl (C=O) groups excluding carboxylic acids is 1. The molecule has 29 heavy (non-hydrogen) atoms. The van der Waals surface area contributed by atoms with Crippen molar-refractivity contribution >= 4 is 27.8 Å². The summed E-state index contributed by atoms with van der Waals surface area (Å²) < 4.78 is 11.7. The number of ether oxygens (including phenoxy) is 1. The number of carbonyl (C=O) groups is 1. The molecule has 6 nitrogen and oxygen atoms in total. The third-order valence-electron chi connectivity index (χ3n) is 5.14. The lowest BCUT2D eigenvalue weighted by Crippen LogP contribution is -2.31. The van der Waals surface area contributed by atoms with Crippen molar-refractivity contribution in [3.63, 3.8) is 0 Å². The second kappa shape index (κ2) is 7.05. The summed E-state index contributed by atoms with van der Waals surface area (Å²) in [6.45, 7) is 0.956. The van der Waals surface area contributed by atoms with E-state index in [0.29, 0.717) is 36.4 Å². The summed E-state index contributed by atoms with van der Waals surface area (Å²) in [5.74, 6) is 0.295. The number of likely N-dealkylation sites (tertiary alicyclic amines) is 1. The zero-order chi connectivity index (χ0) is 19.8. The zero-order valence-corrected chi connectivity index (χ0v) is 15.6. The Labute approximate surface area is 166 Å². The highest BCUT2D eigenvalue weighted by molar-refractivity contribution is 5.93. The van der Waals surface area contributed by atoms with Crippen molar-refractivity contribution < 1.29 is 13.9 Å². The third-order valence-corrected chi connectivity index (χ3v) is 5.14. The van der Waals surface area contributed by atoms with Gasteiger partial charge in [0.05, 0.1) is 17.4 Å². The second-order valence-electron chi connectivity index (χ2n) is 7.09. The lowest BCUT2D eigenvalue weighted by atomic mass is 10.2. The number of amides is 1. The molecule has 1 fully saturated rings. The van der Waals surface area contributed by atoms with Crippen LogP contribution < -0.4 is 10.2 Å². The number of hydrogen-bond acceptors (Lipinski definition) is 5. The fraction of sp³-hybridized carbons (Fsp3) is 0.174. The van der Waals surface area contributed by atoms with Crippen molar-refractivity contribution in [2.45, 2.75) is 12.5 Å². The first-order chi connectivity index (χ1) is 14.2. The van der Waals surface area contributed by atoms with Crippen LogP contribution in [0.5, 0.6) is 5.88 Å². The van der Waals surface area contributed by atoms with E-state index in [1.165, 1.54) is 6.07 Å². The Bertz CT molecular complexity index is 1280. The molecule has 1 saturated heterocycles. The summed E-state index contributed by atoms with van der Waals surface area (Å²) in [6, 6.07) is 19.8. The van der Waals surface area contributed by atoms with Crippen molar-refractivity contribution in [3.8, 4) is 5.88 Å². The predicted molar refractivity (Wildman–Crippen MR) is 109 cm³/mol. The SMILES string of the molecule is O=C(c1cc(=O)c2ccccc2o1)N1CCC(Oc2ccc3ccccc3n2)C1. The molecule has 1 aliphatic rings. The standard InChI is InChI=1S/C23H18N2O4/c26-19-13-21(29-20-8-4-2-6-17(19)20)23(27)25-12-11-16(14-25)28-22-10-9-15-5-1-3-7-18(15)24-22/h1-10,13,16H,11-12,14H2. The van der Waals surface area contributed by atoms with Gasteiger partial charge in [-0.15, -0.1) is 0 Å². The topological polar surface area (TPSA) is 72.6 Å². The fourth-order valence-corrected chi connectivity index (χ4v) is 3.66. The number of nitrogens with zero attached hydrogens (tertiary/aromatic N) is 2. The quantitative estimate of drug-likeness (QED) is 0.538. The molecule has 1 aliphatic heterocycles. The largest absolute Gasteiger partial charge is 0.472 e. The van der Waals surface area contributed by atoms with E-state index in [9.17, 15) is 9.59 Å². The molecule has 0 saturated carbocycles. The first-order valence-corrected chi connectivity index (χ1v) is 9.52. The van der Waals surface area contributed by atoms with Crippen molar-refractivity contribution in [1.29, 1.82) is 0 Å². The molecule has 6 heteroatoms. The molecule has 1 amide bonds. The number of hydrogen-bond donors (Lipinski definition) is 0. The number of fused-ring (bicyclic) bond motifs is 2. The Morgan fingerprint density at radius 1 is 1.07 bits per heavy atom. The van der Waals surface area contributed by atoms with Crippen LogP contribution in [0.2, 0.25) is 0 Å². The Kier molecular flexibility index (Phi) is 4.24. The molecule has 0 bridgehead atoms. The van der Waals surface area contributed by atoms with E-state index >= 15 is 0 Å². The van der Waals surface area contributed by atoms with Gasteiger partial charge in [0, 0.05) is 30.5 Å². The van der Waals surface area contributed by atoms with Gasteiger partial charge in [-0.3, -0.25) is 9.59 Å². The van der Waals surface area contributed by atoms with Gasteiger partial charge in [0.2, 0.25) is 5.88 Å². The maximum absolute atomic E-state index is 12.8. The smallest absolute Gasteiger partial charge is 0.289 e. The van der Waals surface area contributed by atoms with Gasteiger partial charge in [0.15, 0.2) is 11.2 Å². The molecular weight excluding hydrogens is 368 g/mol. The number of pyridine rings is 1. The van der Waals surface area contributed by atoms with E-state index < -0.39 is 0 Å². The van der Waals surface area contributed by atoms with Crippen LogP contribution in [0.1, 0.15) is 17.0 Å². The minimum Gasteiger partial charge on any atom is -0.472 e. The van der Waals surface area contributed by atoms with Crippen molar-refractivity contribution in [1.82, 2.24) is 9.88 Å². The van der Waals surface area contributed by atoms with Gasteiger partial charge in [-0.05, 0) is 24.3 Å². The van der Waals surface area contributed by atoms with Gasteiger partial charge in [-0.2, -0.15) is 0 Å². The lowest BCUT2D eigenvalue weighted by Gasteiger charge is -2.16. The van der Waals surface area contributed by atoms with Gasteiger partial charge in [-0.25, -0.2) is 4.98 Å². The predicted octanol–water partition coefficient (Wildman–Crippen LogP) is 3.63. The molecule has 144 valence electrons. The Hall–Kier alpha value is -3.67. The number of benzene rings is 2. The van der Waals surface area contributed by atoms with Gasteiger partial charge in [0.1, 0.15) is 11.7 Å². The van der Waals surface area contributed by atoms with Gasteiger partial charge in [-0.1, -0.05) is 30.3 Å². The van der Waals surface area contributed by atoms with E-state index in [1.54, 1.807) is 29.2 Å². The molecule has 1 unspecified atom stereocenters. The molecule has 0 N–H and O–H groups in total. The maximum atomic E-state index is 12.8. The zero-order valence-electron chi connectivity index (χ0n) is 15.6. The third kappa shape index (κ3) is 3.33. The summed E-state index contributed by atoms with van der Waals surface area (Å²) in [4.78, 5) is 31.3. The van der Waals surface area contributed by atoms with E-state index in [1.807, 2.05) is 36.4 Å². The fourth-order valence-electron chi connectivity index (χ4n) is 3.66. The summed E-state index contributed by atoms with van der Waals surface area (Å²) in [5.41, 5.74) is 1.06. The number of para-hydroxylation sites is 2. The van der Waals surface area contributed by atoms with Crippen LogP contribution in [0.15, 0.2) is 75.9 Å². The summed E-state index contributed by atoms with van der Waals surface area (Å²) in [7, 11) is 0. The Morgan fingerprint density at radius 3 is 2.83 bits per heavy atom. The number of rotatable bonds is 3. The molecule has 0 aliphatic carbocycles. The van der Waals surface area contributed by atoms with Crippen molar-refractivity contribution in [2.75, 3.05) is 13.1 Å². The minimum atomic E-state index is -0.301. The minimum absolute atomic E-state index is 0.0539.